The van der Waals surface area contributed by atoms with Crippen LogP contribution in [0.3, 0.4) is 0 Å². The molecule has 0 bridgehead atoms. The van der Waals surface area contributed by atoms with Crippen molar-refractivity contribution in [2.24, 2.45) is 11.0 Å². The Labute approximate surface area is 106 Å². The Kier molecular flexibility index (Phi) is 4.71. The lowest BCUT2D eigenvalue weighted by Gasteiger charge is -2.06. The molecule has 0 aromatic heterocycles. The largest absolute Gasteiger partial charge is 0.504 e. The van der Waals surface area contributed by atoms with Crippen LogP contribution in [0.1, 0.15) is 37.6 Å². The first kappa shape index (κ1) is 14.0. The molecular weight excluding hydrogens is 232 g/mol. The van der Waals surface area contributed by atoms with Gasteiger partial charge in [-0.05, 0) is 31.4 Å². The topological polar surface area (TPSA) is 81.9 Å². The van der Waals surface area contributed by atoms with Crippen molar-refractivity contribution in [1.29, 1.82) is 0 Å². The molecule has 0 aliphatic heterocycles. The van der Waals surface area contributed by atoms with Crippen molar-refractivity contribution in [2.45, 2.75) is 27.2 Å². The number of benzene rings is 1. The quantitative estimate of drug-likeness (QED) is 0.435. The van der Waals surface area contributed by atoms with Crippen molar-refractivity contribution < 1.29 is 15.0 Å². The third-order valence-electron chi connectivity index (χ3n) is 2.31. The van der Waals surface area contributed by atoms with Gasteiger partial charge in [-0.3, -0.25) is 4.79 Å². The lowest BCUT2D eigenvalue weighted by Crippen LogP contribution is -2.19. The van der Waals surface area contributed by atoms with E-state index in [0.717, 1.165) is 12.1 Å². The summed E-state index contributed by atoms with van der Waals surface area (Å²) in [4.78, 5) is 11.7. The first-order chi connectivity index (χ1) is 8.41. The first-order valence-electron chi connectivity index (χ1n) is 5.76. The molecule has 0 fully saturated rings. The summed E-state index contributed by atoms with van der Waals surface area (Å²) in [5.41, 5.74) is 3.15. The highest BCUT2D eigenvalue weighted by Gasteiger charge is 2.13. The lowest BCUT2D eigenvalue weighted by molar-refractivity contribution is 0.0951. The van der Waals surface area contributed by atoms with Crippen LogP contribution in [0, 0.1) is 5.92 Å². The van der Waals surface area contributed by atoms with Crippen molar-refractivity contribution in [2.75, 3.05) is 0 Å². The highest BCUT2D eigenvalue weighted by molar-refractivity contribution is 5.98. The van der Waals surface area contributed by atoms with Crippen LogP contribution in [-0.2, 0) is 0 Å². The van der Waals surface area contributed by atoms with Crippen molar-refractivity contribution in [3.63, 3.8) is 0 Å². The molecule has 5 nitrogen and oxygen atoms in total. The van der Waals surface area contributed by atoms with E-state index in [9.17, 15) is 15.0 Å². The third kappa shape index (κ3) is 3.76. The second kappa shape index (κ2) is 6.05. The highest BCUT2D eigenvalue weighted by atomic mass is 16.3. The van der Waals surface area contributed by atoms with Crippen molar-refractivity contribution in [1.82, 2.24) is 5.43 Å². The Morgan fingerprint density at radius 3 is 2.67 bits per heavy atom. The van der Waals surface area contributed by atoms with E-state index in [0.29, 0.717) is 5.92 Å². The number of hydrazone groups is 1. The Balaban J connectivity index is 2.74. The van der Waals surface area contributed by atoms with E-state index in [-0.39, 0.29) is 11.3 Å². The fourth-order valence-electron chi connectivity index (χ4n) is 1.56. The maximum Gasteiger partial charge on any atom is 0.275 e. The molecule has 0 atom stereocenters. The summed E-state index contributed by atoms with van der Waals surface area (Å²) < 4.78 is 0. The van der Waals surface area contributed by atoms with Gasteiger partial charge in [0.1, 0.15) is 0 Å². The van der Waals surface area contributed by atoms with Crippen LogP contribution in [0.2, 0.25) is 0 Å². The number of para-hydroxylation sites is 1. The van der Waals surface area contributed by atoms with Gasteiger partial charge < -0.3 is 10.2 Å². The van der Waals surface area contributed by atoms with Gasteiger partial charge in [0.05, 0.1) is 5.56 Å². The molecule has 3 N–H and O–H groups in total. The smallest absolute Gasteiger partial charge is 0.275 e. The van der Waals surface area contributed by atoms with Gasteiger partial charge in [-0.1, -0.05) is 19.9 Å². The molecule has 0 heterocycles. The van der Waals surface area contributed by atoms with E-state index < -0.39 is 11.7 Å². The molecule has 18 heavy (non-hydrogen) atoms. The molecule has 5 heteroatoms. The minimum Gasteiger partial charge on any atom is -0.504 e. The van der Waals surface area contributed by atoms with Gasteiger partial charge in [0.15, 0.2) is 11.5 Å². The summed E-state index contributed by atoms with van der Waals surface area (Å²) in [5, 5.41) is 22.7. The monoisotopic (exact) mass is 250 g/mol. The van der Waals surface area contributed by atoms with Gasteiger partial charge >= 0.3 is 0 Å². The predicted octanol–water partition coefficient (Wildman–Crippen LogP) is 2.25. The van der Waals surface area contributed by atoms with Crippen LogP contribution in [0.4, 0.5) is 0 Å². The molecule has 1 amide bonds. The van der Waals surface area contributed by atoms with Gasteiger partial charge in [0.25, 0.3) is 5.91 Å². The number of carbonyl (C=O) groups is 1. The van der Waals surface area contributed by atoms with E-state index in [4.69, 9.17) is 0 Å². The van der Waals surface area contributed by atoms with Crippen LogP contribution < -0.4 is 5.43 Å². The minimum absolute atomic E-state index is 0.00361. The SMILES string of the molecule is C/C(CC(C)C)=N\NC(=O)c1cccc(O)c1O. The number of phenols is 2. The fraction of sp³-hybridized carbons (Fsp3) is 0.385. The van der Waals surface area contributed by atoms with Gasteiger partial charge in [-0.25, -0.2) is 5.43 Å². The zero-order valence-electron chi connectivity index (χ0n) is 10.8. The summed E-state index contributed by atoms with van der Waals surface area (Å²) in [7, 11) is 0. The first-order valence-corrected chi connectivity index (χ1v) is 5.76. The third-order valence-corrected chi connectivity index (χ3v) is 2.31. The average molecular weight is 250 g/mol. The second-order valence-electron chi connectivity index (χ2n) is 4.56. The molecule has 0 saturated carbocycles. The van der Waals surface area contributed by atoms with E-state index in [1.807, 2.05) is 6.92 Å². The zero-order valence-corrected chi connectivity index (χ0v) is 10.8. The summed E-state index contributed by atoms with van der Waals surface area (Å²) in [5.74, 6) is -0.858. The van der Waals surface area contributed by atoms with E-state index in [1.165, 1.54) is 18.2 Å². The molecule has 1 aromatic carbocycles. The van der Waals surface area contributed by atoms with Crippen molar-refractivity contribution >= 4 is 11.6 Å². The number of aromatic hydroxyl groups is 2. The van der Waals surface area contributed by atoms with Crippen LogP contribution in [0.15, 0.2) is 23.3 Å². The highest BCUT2D eigenvalue weighted by Crippen LogP contribution is 2.27. The molecule has 0 saturated heterocycles. The number of hydrogen-bond donors (Lipinski definition) is 3. The number of rotatable bonds is 4. The molecule has 1 rings (SSSR count). The Bertz CT molecular complexity index is 467. The van der Waals surface area contributed by atoms with Gasteiger partial charge in [-0.15, -0.1) is 0 Å². The van der Waals surface area contributed by atoms with E-state index >= 15 is 0 Å². The van der Waals surface area contributed by atoms with Crippen molar-refractivity contribution in [3.8, 4) is 11.5 Å². The summed E-state index contributed by atoms with van der Waals surface area (Å²) in [6.45, 7) is 5.94. The Morgan fingerprint density at radius 1 is 1.39 bits per heavy atom. The number of nitrogens with one attached hydrogen (secondary N) is 1. The molecular formula is C13H18N2O3. The lowest BCUT2D eigenvalue weighted by atomic mass is 10.1. The summed E-state index contributed by atoms with van der Waals surface area (Å²) >= 11 is 0. The maximum atomic E-state index is 11.7. The van der Waals surface area contributed by atoms with Gasteiger partial charge in [-0.2, -0.15) is 5.10 Å². The molecule has 0 spiro atoms. The maximum absolute atomic E-state index is 11.7. The molecule has 0 unspecified atom stereocenters. The molecule has 0 aliphatic rings. The molecule has 1 aromatic rings. The number of amides is 1. The van der Waals surface area contributed by atoms with E-state index in [1.54, 1.807) is 0 Å². The zero-order chi connectivity index (χ0) is 13.7. The normalized spacial score (nSPS) is 11.7. The Morgan fingerprint density at radius 2 is 2.06 bits per heavy atom. The molecule has 0 aliphatic carbocycles. The molecule has 0 radical (unpaired) electrons. The minimum atomic E-state index is -0.550. The number of nitrogens with zero attached hydrogens (tertiary/aromatic N) is 1. The Hall–Kier alpha value is -2.04. The number of hydrogen-bond acceptors (Lipinski definition) is 4. The fourth-order valence-corrected chi connectivity index (χ4v) is 1.56. The summed E-state index contributed by atoms with van der Waals surface area (Å²) in [6, 6.07) is 4.20. The number of carbonyl (C=O) groups excluding carboxylic acids is 1. The second-order valence-corrected chi connectivity index (χ2v) is 4.56. The van der Waals surface area contributed by atoms with Gasteiger partial charge in [0, 0.05) is 5.71 Å². The van der Waals surface area contributed by atoms with Crippen LogP contribution >= 0.6 is 0 Å². The number of phenolic OH excluding ortho intramolecular Hbond substituents is 2. The van der Waals surface area contributed by atoms with E-state index in [2.05, 4.69) is 24.4 Å². The van der Waals surface area contributed by atoms with Crippen molar-refractivity contribution in [3.05, 3.63) is 23.8 Å². The standard InChI is InChI=1S/C13H18N2O3/c1-8(2)7-9(3)14-15-13(18)10-5-4-6-11(16)12(10)17/h4-6,8,16-17H,7H2,1-3H3,(H,15,18)/b14-9+. The average Bonchev–Trinajstić information content (AvgIpc) is 2.29. The van der Waals surface area contributed by atoms with Crippen LogP contribution in [0.5, 0.6) is 11.5 Å². The summed E-state index contributed by atoms with van der Waals surface area (Å²) in [6.07, 6.45) is 0.784. The molecule has 98 valence electrons. The van der Waals surface area contributed by atoms with Crippen LogP contribution in [0.25, 0.3) is 0 Å². The van der Waals surface area contributed by atoms with Gasteiger partial charge in [0.2, 0.25) is 0 Å². The van der Waals surface area contributed by atoms with Crippen LogP contribution in [-0.4, -0.2) is 21.8 Å². The predicted molar refractivity (Wildman–Crippen MR) is 69.8 cm³/mol.